The molecule has 1 aromatic heterocycles. The molecule has 5 nitrogen and oxygen atoms in total. The van der Waals surface area contributed by atoms with Crippen LogP contribution in [0.1, 0.15) is 28.9 Å². The van der Waals surface area contributed by atoms with E-state index in [1.807, 2.05) is 42.0 Å². The van der Waals surface area contributed by atoms with E-state index in [1.54, 1.807) is 43.9 Å². The van der Waals surface area contributed by atoms with Crippen molar-refractivity contribution in [1.82, 2.24) is 14.9 Å². The van der Waals surface area contributed by atoms with E-state index in [2.05, 4.69) is 10.3 Å². The van der Waals surface area contributed by atoms with Crippen LogP contribution in [0.2, 0.25) is 0 Å². The molecule has 3 aromatic rings. The Hall–Kier alpha value is -3.08. The van der Waals surface area contributed by atoms with Crippen LogP contribution in [-0.4, -0.2) is 22.6 Å². The van der Waals surface area contributed by atoms with Crippen LogP contribution in [0.5, 0.6) is 5.75 Å². The molecular formula is C19H19N3O2. The van der Waals surface area contributed by atoms with Gasteiger partial charge < -0.3 is 14.6 Å². The SMILES string of the molecule is COc1ccc(C(=O)N[C@H](C)c2ccc(-n3ccnc3)cc2)cc1. The number of imidazole rings is 1. The average molecular weight is 321 g/mol. The number of nitrogens with zero attached hydrogens (tertiary/aromatic N) is 2. The number of amides is 1. The highest BCUT2D eigenvalue weighted by Gasteiger charge is 2.11. The molecular weight excluding hydrogens is 302 g/mol. The van der Waals surface area contributed by atoms with Crippen LogP contribution >= 0.6 is 0 Å². The van der Waals surface area contributed by atoms with E-state index < -0.39 is 0 Å². The van der Waals surface area contributed by atoms with E-state index in [0.717, 1.165) is 17.0 Å². The summed E-state index contributed by atoms with van der Waals surface area (Å²) in [5.41, 5.74) is 2.68. The molecule has 24 heavy (non-hydrogen) atoms. The zero-order valence-electron chi connectivity index (χ0n) is 13.6. The van der Waals surface area contributed by atoms with Crippen molar-refractivity contribution >= 4 is 5.91 Å². The van der Waals surface area contributed by atoms with E-state index in [9.17, 15) is 4.79 Å². The lowest BCUT2D eigenvalue weighted by Gasteiger charge is -2.15. The van der Waals surface area contributed by atoms with E-state index in [1.165, 1.54) is 0 Å². The van der Waals surface area contributed by atoms with Crippen molar-refractivity contribution < 1.29 is 9.53 Å². The van der Waals surface area contributed by atoms with E-state index in [4.69, 9.17) is 4.74 Å². The molecule has 0 unspecified atom stereocenters. The van der Waals surface area contributed by atoms with Crippen LogP contribution in [0.15, 0.2) is 67.3 Å². The summed E-state index contributed by atoms with van der Waals surface area (Å²) in [5.74, 6) is 0.624. The summed E-state index contributed by atoms with van der Waals surface area (Å²) in [7, 11) is 1.60. The zero-order valence-corrected chi connectivity index (χ0v) is 13.6. The van der Waals surface area contributed by atoms with Gasteiger partial charge in [0.25, 0.3) is 5.91 Å². The van der Waals surface area contributed by atoms with Gasteiger partial charge in [0.15, 0.2) is 0 Å². The third kappa shape index (κ3) is 3.46. The fraction of sp³-hybridized carbons (Fsp3) is 0.158. The molecule has 0 aliphatic rings. The van der Waals surface area contributed by atoms with Crippen molar-refractivity contribution in [3.63, 3.8) is 0 Å². The van der Waals surface area contributed by atoms with E-state index >= 15 is 0 Å². The van der Waals surface area contributed by atoms with Gasteiger partial charge in [-0.1, -0.05) is 12.1 Å². The lowest BCUT2D eigenvalue weighted by atomic mass is 10.1. The van der Waals surface area contributed by atoms with Gasteiger partial charge in [-0.25, -0.2) is 4.98 Å². The lowest BCUT2D eigenvalue weighted by molar-refractivity contribution is 0.0940. The number of benzene rings is 2. The third-order valence-electron chi connectivity index (χ3n) is 3.90. The maximum Gasteiger partial charge on any atom is 0.251 e. The van der Waals surface area contributed by atoms with Gasteiger partial charge in [0, 0.05) is 23.6 Å². The van der Waals surface area contributed by atoms with Gasteiger partial charge in [-0.2, -0.15) is 0 Å². The van der Waals surface area contributed by atoms with Crippen molar-refractivity contribution in [2.24, 2.45) is 0 Å². The number of methoxy groups -OCH3 is 1. The Morgan fingerprint density at radius 2 is 1.83 bits per heavy atom. The number of carbonyl (C=O) groups is 1. The Bertz CT molecular complexity index is 794. The molecule has 0 saturated heterocycles. The minimum Gasteiger partial charge on any atom is -0.497 e. The predicted octanol–water partition coefficient (Wildman–Crippen LogP) is 3.37. The molecule has 0 bridgehead atoms. The summed E-state index contributed by atoms with van der Waals surface area (Å²) in [5, 5.41) is 3.01. The number of ether oxygens (including phenoxy) is 1. The maximum absolute atomic E-state index is 12.3. The summed E-state index contributed by atoms with van der Waals surface area (Å²) < 4.78 is 7.04. The molecule has 0 saturated carbocycles. The first-order chi connectivity index (χ1) is 11.7. The standard InChI is InChI=1S/C19H19N3O2/c1-14(21-19(23)16-5-9-18(24-2)10-6-16)15-3-7-17(8-4-15)22-12-11-20-13-22/h3-14H,1-2H3,(H,21,23)/t14-/m1/s1. The highest BCUT2D eigenvalue weighted by atomic mass is 16.5. The van der Waals surface area contributed by atoms with Crippen molar-refractivity contribution in [2.45, 2.75) is 13.0 Å². The summed E-state index contributed by atoms with van der Waals surface area (Å²) in [6, 6.07) is 15.0. The molecule has 1 N–H and O–H groups in total. The second-order valence-electron chi connectivity index (χ2n) is 5.49. The number of hydrogen-bond acceptors (Lipinski definition) is 3. The van der Waals surface area contributed by atoms with Crippen LogP contribution < -0.4 is 10.1 Å². The first-order valence-corrected chi connectivity index (χ1v) is 7.70. The van der Waals surface area contributed by atoms with Gasteiger partial charge >= 0.3 is 0 Å². The van der Waals surface area contributed by atoms with E-state index in [-0.39, 0.29) is 11.9 Å². The second kappa shape index (κ2) is 7.00. The molecule has 0 fully saturated rings. The molecule has 0 spiro atoms. The van der Waals surface area contributed by atoms with Crippen molar-refractivity contribution in [3.8, 4) is 11.4 Å². The van der Waals surface area contributed by atoms with E-state index in [0.29, 0.717) is 5.56 Å². The third-order valence-corrected chi connectivity index (χ3v) is 3.90. The Kier molecular flexibility index (Phi) is 4.61. The fourth-order valence-corrected chi connectivity index (χ4v) is 2.45. The molecule has 122 valence electrons. The number of carbonyl (C=O) groups excluding carboxylic acids is 1. The van der Waals surface area contributed by atoms with Gasteiger partial charge in [-0.3, -0.25) is 4.79 Å². The topological polar surface area (TPSA) is 56.1 Å². The minimum absolute atomic E-state index is 0.0866. The summed E-state index contributed by atoms with van der Waals surface area (Å²) in [6.07, 6.45) is 5.39. The minimum atomic E-state index is -0.108. The highest BCUT2D eigenvalue weighted by molar-refractivity contribution is 5.94. The summed E-state index contributed by atoms with van der Waals surface area (Å²) in [4.78, 5) is 16.4. The normalized spacial score (nSPS) is 11.8. The Labute approximate surface area is 140 Å². The first kappa shape index (κ1) is 15.8. The molecule has 0 radical (unpaired) electrons. The van der Waals surface area contributed by atoms with Crippen LogP contribution in [-0.2, 0) is 0 Å². The Morgan fingerprint density at radius 3 is 2.42 bits per heavy atom. The van der Waals surface area contributed by atoms with Crippen molar-refractivity contribution in [1.29, 1.82) is 0 Å². The van der Waals surface area contributed by atoms with Gasteiger partial charge in [-0.05, 0) is 48.9 Å². The summed E-state index contributed by atoms with van der Waals surface area (Å²) in [6.45, 7) is 1.97. The van der Waals surface area contributed by atoms with Crippen LogP contribution in [0.25, 0.3) is 5.69 Å². The first-order valence-electron chi connectivity index (χ1n) is 7.70. The van der Waals surface area contributed by atoms with Gasteiger partial charge in [0.05, 0.1) is 19.5 Å². The molecule has 1 atom stereocenters. The molecule has 1 amide bonds. The molecule has 3 rings (SSSR count). The monoisotopic (exact) mass is 321 g/mol. The smallest absolute Gasteiger partial charge is 0.251 e. The molecule has 5 heteroatoms. The number of nitrogens with one attached hydrogen (secondary N) is 1. The predicted molar refractivity (Wildman–Crippen MR) is 92.4 cm³/mol. The largest absolute Gasteiger partial charge is 0.497 e. The maximum atomic E-state index is 12.3. The molecule has 0 aliphatic carbocycles. The van der Waals surface area contributed by atoms with Gasteiger partial charge in [-0.15, -0.1) is 0 Å². The molecule has 1 heterocycles. The Balaban J connectivity index is 1.67. The van der Waals surface area contributed by atoms with Crippen molar-refractivity contribution in [3.05, 3.63) is 78.4 Å². The molecule has 0 aliphatic heterocycles. The highest BCUT2D eigenvalue weighted by Crippen LogP contribution is 2.17. The second-order valence-corrected chi connectivity index (χ2v) is 5.49. The van der Waals surface area contributed by atoms with Crippen LogP contribution in [0, 0.1) is 0 Å². The number of aromatic nitrogens is 2. The fourth-order valence-electron chi connectivity index (χ4n) is 2.45. The van der Waals surface area contributed by atoms with Gasteiger partial charge in [0.1, 0.15) is 5.75 Å². The average Bonchev–Trinajstić information content (AvgIpc) is 3.16. The van der Waals surface area contributed by atoms with Gasteiger partial charge in [0.2, 0.25) is 0 Å². The zero-order chi connectivity index (χ0) is 16.9. The van der Waals surface area contributed by atoms with Crippen LogP contribution in [0.3, 0.4) is 0 Å². The van der Waals surface area contributed by atoms with Crippen LogP contribution in [0.4, 0.5) is 0 Å². The molecule has 2 aromatic carbocycles. The Morgan fingerprint density at radius 1 is 1.12 bits per heavy atom. The number of hydrogen-bond donors (Lipinski definition) is 1. The number of rotatable bonds is 5. The summed E-state index contributed by atoms with van der Waals surface area (Å²) >= 11 is 0. The quantitative estimate of drug-likeness (QED) is 0.784. The van der Waals surface area contributed by atoms with Crippen molar-refractivity contribution in [2.75, 3.05) is 7.11 Å². The lowest BCUT2D eigenvalue weighted by Crippen LogP contribution is -2.26.